The summed E-state index contributed by atoms with van der Waals surface area (Å²) in [6, 6.07) is 15.9. The van der Waals surface area contributed by atoms with E-state index in [0.717, 1.165) is 53.7 Å². The van der Waals surface area contributed by atoms with Crippen molar-refractivity contribution >= 4 is 40.7 Å². The minimum absolute atomic E-state index is 0.0516. The van der Waals surface area contributed by atoms with E-state index in [0.29, 0.717) is 5.56 Å². The maximum absolute atomic E-state index is 13.2. The molecule has 2 aliphatic rings. The third-order valence-corrected chi connectivity index (χ3v) is 6.50. The number of carbonyl (C=O) groups is 4. The van der Waals surface area contributed by atoms with Gasteiger partial charge in [-0.05, 0) is 37.0 Å². The number of likely N-dealkylation sites (tertiary alicyclic amines) is 1. The molecule has 3 heterocycles. The van der Waals surface area contributed by atoms with Crippen LogP contribution in [0.15, 0.2) is 66.4 Å². The number of benzene rings is 2. The molecule has 2 saturated heterocycles. The molecule has 1 N–H and O–H groups in total. The lowest BCUT2D eigenvalue weighted by Crippen LogP contribution is -2.53. The van der Waals surface area contributed by atoms with Crippen LogP contribution in [0.1, 0.15) is 30.4 Å². The number of piperidine rings is 1. The van der Waals surface area contributed by atoms with Crippen molar-refractivity contribution in [3.8, 4) is 0 Å². The third-order valence-electron chi connectivity index (χ3n) is 6.50. The van der Waals surface area contributed by atoms with Crippen molar-refractivity contribution in [2.24, 2.45) is 0 Å². The predicted octanol–water partition coefficient (Wildman–Crippen LogP) is 3.32. The Balaban J connectivity index is 1.46. The van der Waals surface area contributed by atoms with Crippen LogP contribution in [0.2, 0.25) is 0 Å². The van der Waals surface area contributed by atoms with Crippen LogP contribution in [-0.4, -0.2) is 51.2 Å². The molecule has 0 saturated carbocycles. The first kappa shape index (κ1) is 22.6. The zero-order valence-electron chi connectivity index (χ0n) is 19.3. The van der Waals surface area contributed by atoms with Crippen molar-refractivity contribution in [1.82, 2.24) is 19.7 Å². The van der Waals surface area contributed by atoms with Gasteiger partial charge in [-0.3, -0.25) is 24.6 Å². The van der Waals surface area contributed by atoms with Gasteiger partial charge in [0.15, 0.2) is 0 Å². The summed E-state index contributed by atoms with van der Waals surface area (Å²) in [4.78, 5) is 54.0. The van der Waals surface area contributed by atoms with Crippen molar-refractivity contribution < 1.29 is 19.2 Å². The number of hydrogen-bond donors (Lipinski definition) is 1. The molecule has 1 aromatic heterocycles. The standard InChI is InChI=1S/C27H26N4O4/c32-24(29-13-7-2-8-14-29)18-30-17-20(21-11-5-6-12-23(21)30)15-22-25(33)28-27(35)31(26(22)34)16-19-9-3-1-4-10-19/h1,3-6,9-12,15,17H,2,7-8,13-14,16,18H2,(H,28,33,35)/b22-15-. The van der Waals surface area contributed by atoms with Gasteiger partial charge >= 0.3 is 6.03 Å². The van der Waals surface area contributed by atoms with Gasteiger partial charge in [0.1, 0.15) is 12.1 Å². The van der Waals surface area contributed by atoms with Crippen LogP contribution in [0.4, 0.5) is 4.79 Å². The van der Waals surface area contributed by atoms with Gasteiger partial charge in [0.05, 0.1) is 6.54 Å². The molecule has 2 fully saturated rings. The normalized spacial score (nSPS) is 17.8. The van der Waals surface area contributed by atoms with Gasteiger partial charge < -0.3 is 9.47 Å². The largest absolute Gasteiger partial charge is 0.341 e. The number of hydrogen-bond acceptors (Lipinski definition) is 4. The molecule has 5 rings (SSSR count). The fourth-order valence-corrected chi connectivity index (χ4v) is 4.67. The smallest absolute Gasteiger partial charge is 0.331 e. The maximum atomic E-state index is 13.2. The van der Waals surface area contributed by atoms with Gasteiger partial charge in [-0.2, -0.15) is 0 Å². The Morgan fingerprint density at radius 1 is 0.914 bits per heavy atom. The van der Waals surface area contributed by atoms with E-state index in [-0.39, 0.29) is 24.6 Å². The molecule has 0 bridgehead atoms. The van der Waals surface area contributed by atoms with Crippen LogP contribution >= 0.6 is 0 Å². The summed E-state index contributed by atoms with van der Waals surface area (Å²) in [6.45, 7) is 1.79. The summed E-state index contributed by atoms with van der Waals surface area (Å²) in [5, 5.41) is 3.09. The summed E-state index contributed by atoms with van der Waals surface area (Å²) < 4.78 is 1.86. The zero-order chi connectivity index (χ0) is 24.4. The Labute approximate surface area is 202 Å². The predicted molar refractivity (Wildman–Crippen MR) is 131 cm³/mol. The summed E-state index contributed by atoms with van der Waals surface area (Å²) in [6.07, 6.45) is 6.48. The number of rotatable bonds is 5. The SMILES string of the molecule is O=C1NC(=O)N(Cc2ccccc2)C(=O)/C1=C\c1cn(CC(=O)N2CCCCC2)c2ccccc12. The fourth-order valence-electron chi connectivity index (χ4n) is 4.67. The number of barbiturate groups is 1. The Bertz CT molecular complexity index is 1340. The molecule has 178 valence electrons. The molecule has 0 aliphatic carbocycles. The zero-order valence-corrected chi connectivity index (χ0v) is 19.3. The van der Waals surface area contributed by atoms with Crippen LogP contribution in [0.25, 0.3) is 17.0 Å². The van der Waals surface area contributed by atoms with Crippen molar-refractivity contribution in [3.63, 3.8) is 0 Å². The second kappa shape index (κ2) is 9.58. The highest BCUT2D eigenvalue weighted by molar-refractivity contribution is 6.31. The molecule has 0 unspecified atom stereocenters. The molecular weight excluding hydrogens is 444 g/mol. The number of nitrogens with zero attached hydrogens (tertiary/aromatic N) is 3. The van der Waals surface area contributed by atoms with E-state index in [1.165, 1.54) is 6.08 Å². The Hall–Kier alpha value is -4.20. The molecule has 0 radical (unpaired) electrons. The van der Waals surface area contributed by atoms with E-state index in [9.17, 15) is 19.2 Å². The van der Waals surface area contributed by atoms with E-state index in [2.05, 4.69) is 5.32 Å². The van der Waals surface area contributed by atoms with Gasteiger partial charge in [-0.15, -0.1) is 0 Å². The summed E-state index contributed by atoms with van der Waals surface area (Å²) >= 11 is 0. The van der Waals surface area contributed by atoms with E-state index in [1.54, 1.807) is 6.20 Å². The van der Waals surface area contributed by atoms with Crippen LogP contribution < -0.4 is 5.32 Å². The lowest BCUT2D eigenvalue weighted by Gasteiger charge is -2.27. The Morgan fingerprint density at radius 2 is 1.63 bits per heavy atom. The Kier molecular flexibility index (Phi) is 6.18. The van der Waals surface area contributed by atoms with Gasteiger partial charge in [0, 0.05) is 35.8 Å². The molecule has 5 amide bonds. The minimum atomic E-state index is -0.740. The van der Waals surface area contributed by atoms with E-state index >= 15 is 0 Å². The van der Waals surface area contributed by atoms with Crippen molar-refractivity contribution in [2.45, 2.75) is 32.4 Å². The molecule has 35 heavy (non-hydrogen) atoms. The monoisotopic (exact) mass is 470 g/mol. The lowest BCUT2D eigenvalue weighted by atomic mass is 10.1. The number of aromatic nitrogens is 1. The van der Waals surface area contributed by atoms with Gasteiger partial charge in [0.25, 0.3) is 11.8 Å². The van der Waals surface area contributed by atoms with Crippen molar-refractivity contribution in [3.05, 3.63) is 77.5 Å². The first-order chi connectivity index (χ1) is 17.0. The van der Waals surface area contributed by atoms with E-state index < -0.39 is 17.8 Å². The molecule has 8 heteroatoms. The quantitative estimate of drug-likeness (QED) is 0.458. The number of carbonyl (C=O) groups excluding carboxylic acids is 4. The van der Waals surface area contributed by atoms with Gasteiger partial charge in [-0.25, -0.2) is 4.79 Å². The van der Waals surface area contributed by atoms with Crippen LogP contribution in [0.3, 0.4) is 0 Å². The number of para-hydroxylation sites is 1. The molecule has 8 nitrogen and oxygen atoms in total. The number of fused-ring (bicyclic) bond motifs is 1. The van der Waals surface area contributed by atoms with Gasteiger partial charge in [0.2, 0.25) is 5.91 Å². The average molecular weight is 471 g/mol. The molecular formula is C27H26N4O4. The van der Waals surface area contributed by atoms with Crippen LogP contribution in [0.5, 0.6) is 0 Å². The first-order valence-corrected chi connectivity index (χ1v) is 11.8. The second-order valence-corrected chi connectivity index (χ2v) is 8.87. The lowest BCUT2D eigenvalue weighted by molar-refractivity contribution is -0.133. The third kappa shape index (κ3) is 4.59. The highest BCUT2D eigenvalue weighted by Gasteiger charge is 2.36. The molecule has 2 aromatic carbocycles. The van der Waals surface area contributed by atoms with Crippen LogP contribution in [-0.2, 0) is 27.5 Å². The molecule has 0 atom stereocenters. The number of urea groups is 1. The van der Waals surface area contributed by atoms with Crippen LogP contribution in [0, 0.1) is 0 Å². The maximum Gasteiger partial charge on any atom is 0.331 e. The topological polar surface area (TPSA) is 91.7 Å². The molecule has 3 aromatic rings. The average Bonchev–Trinajstić information content (AvgIpc) is 3.22. The summed E-state index contributed by atoms with van der Waals surface area (Å²) in [7, 11) is 0. The fraction of sp³-hybridized carbons (Fsp3) is 0.259. The van der Waals surface area contributed by atoms with Crippen molar-refractivity contribution in [1.29, 1.82) is 0 Å². The summed E-state index contributed by atoms with van der Waals surface area (Å²) in [5.41, 5.74) is 2.13. The van der Waals surface area contributed by atoms with E-state index in [4.69, 9.17) is 0 Å². The highest BCUT2D eigenvalue weighted by atomic mass is 16.2. The van der Waals surface area contributed by atoms with E-state index in [1.807, 2.05) is 64.1 Å². The second-order valence-electron chi connectivity index (χ2n) is 8.87. The highest BCUT2D eigenvalue weighted by Crippen LogP contribution is 2.26. The minimum Gasteiger partial charge on any atom is -0.341 e. The first-order valence-electron chi connectivity index (χ1n) is 11.8. The molecule has 2 aliphatic heterocycles. The number of nitrogens with one attached hydrogen (secondary N) is 1. The Morgan fingerprint density at radius 3 is 2.40 bits per heavy atom. The van der Waals surface area contributed by atoms with Gasteiger partial charge in [-0.1, -0.05) is 48.5 Å². The summed E-state index contributed by atoms with van der Waals surface area (Å²) in [5.74, 6) is -1.33. The number of amides is 5. The number of imide groups is 2. The van der Waals surface area contributed by atoms with Crippen molar-refractivity contribution in [2.75, 3.05) is 13.1 Å². The molecule has 0 spiro atoms.